The molecule has 0 spiro atoms. The molecular weight excluding hydrogens is 1070 g/mol. The molecule has 4 aliphatic heterocycles. The minimum Gasteiger partial charge on any atom is -0.457 e. The lowest BCUT2D eigenvalue weighted by Crippen LogP contribution is -2.66. The highest BCUT2D eigenvalue weighted by Gasteiger charge is 2.56. The molecule has 3 aromatic carbocycles. The number of carbonyl (C=O) groups is 2. The van der Waals surface area contributed by atoms with Gasteiger partial charge >= 0.3 is 12.1 Å². The van der Waals surface area contributed by atoms with Gasteiger partial charge in [-0.15, -0.1) is 0 Å². The topological polar surface area (TPSA) is 174 Å². The van der Waals surface area contributed by atoms with E-state index in [9.17, 15) is 14.7 Å². The Labute approximate surface area is 475 Å². The highest BCUT2D eigenvalue weighted by atomic mass is 35.6. The SMILES string of the molecule is CCC1O[C@@H](O[C@@H]2C(OCc3ccccc3)[C@H](O[C@@H]3C(COCc4ccccc4)O[C@@H](OCc4ccccc4)C(C)[C@H]3C)OC(C(C)O[C@H]3OC(CC)[C@@H](C)[C@H](C)C3OC(=O)OCC(Cl)(Cl)Cl)[C@H]2O)[C@@H](OC(C)=O)C(C)[C@H]1C. The summed E-state index contributed by atoms with van der Waals surface area (Å²) in [7, 11) is 0. The number of aliphatic hydroxyl groups is 1. The van der Waals surface area contributed by atoms with E-state index in [4.69, 9.17) is 96.4 Å². The Morgan fingerprint density at radius 1 is 0.564 bits per heavy atom. The fourth-order valence-electron chi connectivity index (χ4n) is 10.9. The van der Waals surface area contributed by atoms with Gasteiger partial charge < -0.3 is 66.7 Å². The molecule has 78 heavy (non-hydrogen) atoms. The normalized spacial score (nSPS) is 35.8. The van der Waals surface area contributed by atoms with Gasteiger partial charge in [0.25, 0.3) is 0 Å². The van der Waals surface area contributed by atoms with Crippen LogP contribution in [0.5, 0.6) is 0 Å². The number of rotatable bonds is 22. The molecule has 0 bridgehead atoms. The van der Waals surface area contributed by atoms with E-state index in [1.165, 1.54) is 6.92 Å². The summed E-state index contributed by atoms with van der Waals surface area (Å²) in [6.07, 6.45) is -14.2. The third kappa shape index (κ3) is 16.5. The van der Waals surface area contributed by atoms with Crippen LogP contribution >= 0.6 is 34.8 Å². The average Bonchev–Trinajstić information content (AvgIpc) is 3.52. The largest absolute Gasteiger partial charge is 0.508 e. The molecule has 9 unspecified atom stereocenters. The molecule has 0 aliphatic carbocycles. The molecule has 1 N–H and O–H groups in total. The molecule has 0 saturated carbocycles. The quantitative estimate of drug-likeness (QED) is 0.0742. The second kappa shape index (κ2) is 29.2. The number of ether oxygens (including phenoxy) is 13. The van der Waals surface area contributed by atoms with Gasteiger partial charge in [0.1, 0.15) is 37.1 Å². The van der Waals surface area contributed by atoms with E-state index in [2.05, 4.69) is 20.8 Å². The lowest BCUT2D eigenvalue weighted by molar-refractivity contribution is -0.387. The molecule has 0 radical (unpaired) electrons. The molecule has 4 heterocycles. The van der Waals surface area contributed by atoms with Crippen LogP contribution in [0.4, 0.5) is 4.79 Å². The van der Waals surface area contributed by atoms with Crippen molar-refractivity contribution in [3.05, 3.63) is 108 Å². The molecule has 0 aromatic heterocycles. The molecule has 19 heteroatoms. The molecule has 4 aliphatic rings. The summed E-state index contributed by atoms with van der Waals surface area (Å²) < 4.78 is 83.4. The van der Waals surface area contributed by atoms with E-state index in [0.717, 1.165) is 16.7 Å². The number of aliphatic hydroxyl groups excluding tert-OH is 1. The highest BCUT2D eigenvalue weighted by Crippen LogP contribution is 2.42. The van der Waals surface area contributed by atoms with E-state index in [-0.39, 0.29) is 60.9 Å². The highest BCUT2D eigenvalue weighted by molar-refractivity contribution is 6.67. The molecule has 434 valence electrons. The van der Waals surface area contributed by atoms with E-state index in [1.807, 2.05) is 126 Å². The van der Waals surface area contributed by atoms with Crippen LogP contribution in [0.2, 0.25) is 0 Å². The second-order valence-corrected chi connectivity index (χ2v) is 24.0. The Morgan fingerprint density at radius 2 is 1.04 bits per heavy atom. The molecule has 16 nitrogen and oxygen atoms in total. The summed E-state index contributed by atoms with van der Waals surface area (Å²) in [5.74, 6) is -1.59. The van der Waals surface area contributed by atoms with Gasteiger partial charge in [-0.3, -0.25) is 4.79 Å². The van der Waals surface area contributed by atoms with Crippen molar-refractivity contribution in [2.45, 2.75) is 198 Å². The second-order valence-electron chi connectivity index (χ2n) is 21.5. The van der Waals surface area contributed by atoms with Crippen molar-refractivity contribution in [2.24, 2.45) is 35.5 Å². The van der Waals surface area contributed by atoms with Gasteiger partial charge in [-0.05, 0) is 54.2 Å². The predicted molar refractivity (Wildman–Crippen MR) is 291 cm³/mol. The zero-order chi connectivity index (χ0) is 56.3. The number of benzene rings is 3. The van der Waals surface area contributed by atoms with Crippen molar-refractivity contribution >= 4 is 46.9 Å². The Balaban J connectivity index is 1.27. The third-order valence-corrected chi connectivity index (χ3v) is 16.4. The zero-order valence-electron chi connectivity index (χ0n) is 46.4. The summed E-state index contributed by atoms with van der Waals surface area (Å²) in [5, 5.41) is 13.0. The summed E-state index contributed by atoms with van der Waals surface area (Å²) in [5.41, 5.74) is 2.81. The van der Waals surface area contributed by atoms with Gasteiger partial charge in [0.05, 0.1) is 50.8 Å². The Bertz CT molecular complexity index is 2270. The Morgan fingerprint density at radius 3 is 1.58 bits per heavy atom. The first kappa shape index (κ1) is 62.4. The molecular formula is C59H81Cl3O16. The van der Waals surface area contributed by atoms with E-state index in [1.54, 1.807) is 6.92 Å². The fourth-order valence-corrected chi connectivity index (χ4v) is 11.1. The van der Waals surface area contributed by atoms with Crippen LogP contribution in [-0.4, -0.2) is 127 Å². The molecule has 21 atom stereocenters. The van der Waals surface area contributed by atoms with Crippen molar-refractivity contribution < 1.29 is 76.3 Å². The van der Waals surface area contributed by atoms with Crippen LogP contribution in [0.1, 0.15) is 98.8 Å². The lowest BCUT2D eigenvalue weighted by Gasteiger charge is -2.51. The molecule has 4 fully saturated rings. The monoisotopic (exact) mass is 1150 g/mol. The Kier molecular flexibility index (Phi) is 23.4. The van der Waals surface area contributed by atoms with Crippen molar-refractivity contribution in [1.82, 2.24) is 0 Å². The first-order valence-corrected chi connectivity index (χ1v) is 28.7. The van der Waals surface area contributed by atoms with Gasteiger partial charge in [-0.25, -0.2) is 4.79 Å². The number of hydrogen-bond donors (Lipinski definition) is 1. The van der Waals surface area contributed by atoms with Crippen molar-refractivity contribution in [2.75, 3.05) is 13.2 Å². The number of esters is 1. The van der Waals surface area contributed by atoms with Crippen LogP contribution < -0.4 is 0 Å². The predicted octanol–water partition coefficient (Wildman–Crippen LogP) is 10.9. The van der Waals surface area contributed by atoms with Crippen LogP contribution in [0.3, 0.4) is 0 Å². The van der Waals surface area contributed by atoms with Gasteiger partial charge in [-0.1, -0.05) is 181 Å². The summed E-state index contributed by atoms with van der Waals surface area (Å²) in [6, 6.07) is 29.3. The minimum atomic E-state index is -1.88. The number of halogens is 3. The molecule has 0 amide bonds. The maximum Gasteiger partial charge on any atom is 0.508 e. The van der Waals surface area contributed by atoms with E-state index >= 15 is 0 Å². The zero-order valence-corrected chi connectivity index (χ0v) is 48.7. The molecule has 4 saturated heterocycles. The van der Waals surface area contributed by atoms with Crippen LogP contribution in [0, 0.1) is 35.5 Å². The average molecular weight is 1150 g/mol. The van der Waals surface area contributed by atoms with Crippen molar-refractivity contribution in [3.63, 3.8) is 0 Å². The summed E-state index contributed by atoms with van der Waals surface area (Å²) in [6.45, 7) is 19.4. The number of alkyl halides is 3. The smallest absolute Gasteiger partial charge is 0.457 e. The Hall–Kier alpha value is -3.17. The minimum absolute atomic E-state index is 0.0140. The first-order chi connectivity index (χ1) is 37.3. The number of hydrogen-bond acceptors (Lipinski definition) is 16. The fraction of sp³-hybridized carbons (Fsp3) is 0.661. The van der Waals surface area contributed by atoms with Gasteiger partial charge in [-0.2, -0.15) is 0 Å². The lowest BCUT2D eigenvalue weighted by atomic mass is 9.82. The van der Waals surface area contributed by atoms with Gasteiger partial charge in [0.2, 0.25) is 3.79 Å². The van der Waals surface area contributed by atoms with Crippen LogP contribution in [0.15, 0.2) is 91.0 Å². The summed E-state index contributed by atoms with van der Waals surface area (Å²) >= 11 is 17.7. The maximum absolute atomic E-state index is 13.2. The maximum atomic E-state index is 13.2. The molecule has 3 aromatic rings. The third-order valence-electron chi connectivity index (χ3n) is 16.1. The first-order valence-electron chi connectivity index (χ1n) is 27.5. The van der Waals surface area contributed by atoms with Crippen LogP contribution in [0.25, 0.3) is 0 Å². The number of carbonyl (C=O) groups excluding carboxylic acids is 2. The summed E-state index contributed by atoms with van der Waals surface area (Å²) in [4.78, 5) is 26.0. The molecule has 7 rings (SSSR count). The van der Waals surface area contributed by atoms with Crippen molar-refractivity contribution in [1.29, 1.82) is 0 Å². The van der Waals surface area contributed by atoms with Gasteiger partial charge in [0.15, 0.2) is 37.4 Å². The van der Waals surface area contributed by atoms with Gasteiger partial charge in [0, 0.05) is 24.7 Å². The van der Waals surface area contributed by atoms with Crippen LogP contribution in [-0.2, 0) is 86.2 Å². The van der Waals surface area contributed by atoms with Crippen molar-refractivity contribution in [3.8, 4) is 0 Å². The standard InChI is InChI=1S/C59H81Cl3O16/c1-11-44-34(4)36(6)50(78-58(65)69-32-59(60,61)62)55(72-44)70-39(9)51-47(64)52(77-56-49(71-40(10)63)35(5)33(3)45(12-2)73-56)53(67-29-42-24-18-14-19-25-42)57(76-51)75-48-37(7)38(8)54(68-30-43-26-20-15-21-27-43)74-46(48)31-66-28-41-22-16-13-17-23-41/h13-27,33-39,44-57,64H,11-12,28-32H2,1-10H3/t33-,34+,35?,36+,37-,38?,39?,44?,45?,46?,47-,48+,49+,50?,51?,52+,53?,54-,55+,56+,57-/m1/s1. The van der Waals surface area contributed by atoms with E-state index < -0.39 is 103 Å². The van der Waals surface area contributed by atoms with E-state index in [0.29, 0.717) is 26.1 Å².